The van der Waals surface area contributed by atoms with Gasteiger partial charge in [0.05, 0.1) is 5.91 Å². The SMILES string of the molecule is CC(C)(C)C[C-]=NC(=O)Cc1ccccc1.Cc1c[c-]c(-c2ccccn2)cc1.Cc1c[c-]c(-c2ccccn2)cc1.[Ir+3]. The maximum Gasteiger partial charge on any atom is 3.00 e. The van der Waals surface area contributed by atoms with Crippen molar-refractivity contribution in [3.05, 3.63) is 144 Å². The minimum absolute atomic E-state index is 0. The fourth-order valence-corrected chi connectivity index (χ4v) is 3.54. The molecule has 2 aromatic heterocycles. The van der Waals surface area contributed by atoms with E-state index < -0.39 is 0 Å². The van der Waals surface area contributed by atoms with Crippen LogP contribution in [0.5, 0.6) is 0 Å². The number of rotatable bonds is 5. The number of nitrogens with zero attached hydrogens (tertiary/aromatic N) is 3. The van der Waals surface area contributed by atoms with Crippen LogP contribution in [0, 0.1) is 31.4 Å². The van der Waals surface area contributed by atoms with Crippen LogP contribution in [0.3, 0.4) is 0 Å². The monoisotopic (exact) mass is 745 g/mol. The van der Waals surface area contributed by atoms with Gasteiger partial charge in [0.15, 0.2) is 0 Å². The molecule has 0 spiro atoms. The van der Waals surface area contributed by atoms with Crippen molar-refractivity contribution in [2.24, 2.45) is 10.4 Å². The zero-order chi connectivity index (χ0) is 30.2. The molecule has 3 aromatic carbocycles. The molecule has 0 aliphatic heterocycles. The first-order chi connectivity index (χ1) is 20.2. The van der Waals surface area contributed by atoms with Gasteiger partial charge in [0.2, 0.25) is 0 Å². The van der Waals surface area contributed by atoms with E-state index in [0.717, 1.165) is 28.1 Å². The van der Waals surface area contributed by atoms with Crippen LogP contribution < -0.4 is 0 Å². The molecule has 5 rings (SSSR count). The van der Waals surface area contributed by atoms with Gasteiger partial charge in [-0.3, -0.25) is 0 Å². The van der Waals surface area contributed by atoms with Crippen LogP contribution in [0.1, 0.15) is 43.9 Å². The molecule has 5 heteroatoms. The van der Waals surface area contributed by atoms with Gasteiger partial charge in [-0.25, -0.2) is 0 Å². The van der Waals surface area contributed by atoms with Crippen molar-refractivity contribution < 1.29 is 24.9 Å². The summed E-state index contributed by atoms with van der Waals surface area (Å²) in [6.07, 6.45) is 7.47. The van der Waals surface area contributed by atoms with E-state index in [1.807, 2.05) is 91.0 Å². The summed E-state index contributed by atoms with van der Waals surface area (Å²) < 4.78 is 0. The fourth-order valence-electron chi connectivity index (χ4n) is 3.54. The summed E-state index contributed by atoms with van der Waals surface area (Å²) in [5.41, 5.74) is 7.62. The summed E-state index contributed by atoms with van der Waals surface area (Å²) in [5, 5.41) is 0. The first-order valence-corrected chi connectivity index (χ1v) is 14.0. The van der Waals surface area contributed by atoms with Crippen LogP contribution in [-0.2, 0) is 31.3 Å². The maximum atomic E-state index is 11.5. The Labute approximate surface area is 270 Å². The topological polar surface area (TPSA) is 55.2 Å². The van der Waals surface area contributed by atoms with Gasteiger partial charge >= 0.3 is 20.1 Å². The zero-order valence-corrected chi connectivity index (χ0v) is 27.9. The quantitative estimate of drug-likeness (QED) is 0.134. The third-order valence-electron chi connectivity index (χ3n) is 5.83. The van der Waals surface area contributed by atoms with Crippen molar-refractivity contribution in [1.82, 2.24) is 9.97 Å². The normalized spacial score (nSPS) is 10.4. The van der Waals surface area contributed by atoms with Crippen LogP contribution in [0.15, 0.2) is 121 Å². The van der Waals surface area contributed by atoms with Crippen molar-refractivity contribution in [2.75, 3.05) is 0 Å². The van der Waals surface area contributed by atoms with E-state index in [1.165, 1.54) is 11.1 Å². The molecule has 0 radical (unpaired) electrons. The molecule has 1 amide bonds. The molecule has 0 atom stereocenters. The van der Waals surface area contributed by atoms with Gasteiger partial charge in [-0.2, -0.15) is 6.21 Å². The van der Waals surface area contributed by atoms with Crippen molar-refractivity contribution in [2.45, 2.75) is 47.5 Å². The Morgan fingerprint density at radius 2 is 1.21 bits per heavy atom. The molecule has 43 heavy (non-hydrogen) atoms. The van der Waals surface area contributed by atoms with Gasteiger partial charge in [-0.15, -0.1) is 70.8 Å². The van der Waals surface area contributed by atoms with Crippen LogP contribution in [-0.4, -0.2) is 22.1 Å². The van der Waals surface area contributed by atoms with Gasteiger partial charge in [0.1, 0.15) is 0 Å². The smallest absolute Gasteiger partial charge is 0.425 e. The minimum Gasteiger partial charge on any atom is -0.425 e. The predicted octanol–water partition coefficient (Wildman–Crippen LogP) is 8.85. The number of aliphatic imine (C=N–C) groups is 1. The third-order valence-corrected chi connectivity index (χ3v) is 5.83. The average Bonchev–Trinajstić information content (AvgIpc) is 2.99. The third kappa shape index (κ3) is 14.1. The summed E-state index contributed by atoms with van der Waals surface area (Å²) in [6.45, 7) is 10.4. The Balaban J connectivity index is 0.000000224. The molecule has 220 valence electrons. The number of pyridine rings is 2. The Hall–Kier alpha value is -4.05. The van der Waals surface area contributed by atoms with E-state index in [0.29, 0.717) is 12.8 Å². The van der Waals surface area contributed by atoms with E-state index in [1.54, 1.807) is 12.4 Å². The summed E-state index contributed by atoms with van der Waals surface area (Å²) in [7, 11) is 0. The van der Waals surface area contributed by atoms with Crippen LogP contribution in [0.25, 0.3) is 22.5 Å². The molecule has 0 aliphatic rings. The van der Waals surface area contributed by atoms with E-state index in [2.05, 4.69) is 80.1 Å². The fraction of sp³-hybridized carbons (Fsp3) is 0.211. The molecule has 2 heterocycles. The molecule has 4 nitrogen and oxygen atoms in total. The van der Waals surface area contributed by atoms with E-state index in [-0.39, 0.29) is 31.4 Å². The molecule has 0 saturated carbocycles. The van der Waals surface area contributed by atoms with Gasteiger partial charge in [-0.05, 0) is 35.4 Å². The number of carbonyl (C=O) groups excluding carboxylic acids is 1. The number of amides is 1. The number of hydrogen-bond acceptors (Lipinski definition) is 3. The molecular formula is C38H38IrN3O. The minimum atomic E-state index is -0.129. The maximum absolute atomic E-state index is 11.5. The first kappa shape index (κ1) is 35.1. The largest absolute Gasteiger partial charge is 3.00 e. The van der Waals surface area contributed by atoms with E-state index in [9.17, 15) is 4.79 Å². The summed E-state index contributed by atoms with van der Waals surface area (Å²) >= 11 is 0. The van der Waals surface area contributed by atoms with Crippen LogP contribution in [0.2, 0.25) is 0 Å². The van der Waals surface area contributed by atoms with Crippen LogP contribution in [0.4, 0.5) is 0 Å². The van der Waals surface area contributed by atoms with Gasteiger partial charge in [-0.1, -0.05) is 101 Å². The summed E-state index contributed by atoms with van der Waals surface area (Å²) in [4.78, 5) is 23.8. The predicted molar refractivity (Wildman–Crippen MR) is 173 cm³/mol. The molecule has 0 fully saturated rings. The Bertz CT molecular complexity index is 1410. The molecule has 0 unspecified atom stereocenters. The number of hydrogen-bond donors (Lipinski definition) is 0. The van der Waals surface area contributed by atoms with E-state index in [4.69, 9.17) is 0 Å². The average molecular weight is 745 g/mol. The summed E-state index contributed by atoms with van der Waals surface area (Å²) in [5.74, 6) is -0.129. The van der Waals surface area contributed by atoms with Crippen molar-refractivity contribution in [3.63, 3.8) is 0 Å². The molecule has 0 N–H and O–H groups in total. The Morgan fingerprint density at radius 1 is 0.721 bits per heavy atom. The Kier molecular flexibility index (Phi) is 15.1. The van der Waals surface area contributed by atoms with E-state index >= 15 is 0 Å². The number of carbonyl (C=O) groups is 1. The first-order valence-electron chi connectivity index (χ1n) is 14.0. The second kappa shape index (κ2) is 18.5. The second-order valence-electron chi connectivity index (χ2n) is 11.1. The summed E-state index contributed by atoms with van der Waals surface area (Å²) in [6, 6.07) is 40.0. The number of benzene rings is 3. The standard InChI is InChI=1S/C14H18NO.2C12H10N.Ir/c1-14(2,3)9-10-15-13(16)11-12-7-5-4-6-8-12;2*1-10-5-7-11(8-6-10)12-4-2-3-9-13-12;/h4-8H,9,11H2,1-3H3;2*2-7,9H,1H3;/q3*-1;+3. The molecule has 0 aliphatic carbocycles. The second-order valence-corrected chi connectivity index (χ2v) is 11.1. The van der Waals surface area contributed by atoms with Crippen LogP contribution >= 0.6 is 0 Å². The van der Waals surface area contributed by atoms with Crippen molar-refractivity contribution in [1.29, 1.82) is 0 Å². The number of aromatic nitrogens is 2. The van der Waals surface area contributed by atoms with Gasteiger partial charge < -0.3 is 19.8 Å². The molecular weight excluding hydrogens is 707 g/mol. The Morgan fingerprint density at radius 3 is 1.60 bits per heavy atom. The van der Waals surface area contributed by atoms with Gasteiger partial charge in [0.25, 0.3) is 0 Å². The zero-order valence-electron chi connectivity index (χ0n) is 25.5. The molecule has 5 aromatic rings. The number of aryl methyl sites for hydroxylation is 2. The van der Waals surface area contributed by atoms with Gasteiger partial charge in [0, 0.05) is 12.4 Å². The van der Waals surface area contributed by atoms with Crippen molar-refractivity contribution in [3.8, 4) is 22.5 Å². The van der Waals surface area contributed by atoms with Crippen molar-refractivity contribution >= 4 is 12.1 Å². The molecule has 0 saturated heterocycles. The molecule has 0 bridgehead atoms.